The summed E-state index contributed by atoms with van der Waals surface area (Å²) in [4.78, 5) is 14.6. The second-order valence-electron chi connectivity index (χ2n) is 8.60. The molecule has 2 heterocycles. The predicted molar refractivity (Wildman–Crippen MR) is 140 cm³/mol. The average Bonchev–Trinajstić information content (AvgIpc) is 3.28. The number of nitriles is 1. The molecular weight excluding hydrogens is 480 g/mol. The number of nitrogens with zero attached hydrogens (tertiary/aromatic N) is 3. The number of amides is 1. The molecule has 0 aliphatic carbocycles. The summed E-state index contributed by atoms with van der Waals surface area (Å²) in [5, 5.41) is 18.5. The van der Waals surface area contributed by atoms with Crippen molar-refractivity contribution >= 4 is 46.7 Å². The Balaban J connectivity index is 1.63. The molecule has 35 heavy (non-hydrogen) atoms. The van der Waals surface area contributed by atoms with Crippen LogP contribution in [-0.2, 0) is 4.79 Å². The van der Waals surface area contributed by atoms with Crippen LogP contribution in [0, 0.1) is 11.3 Å². The van der Waals surface area contributed by atoms with Crippen molar-refractivity contribution in [3.05, 3.63) is 93.5 Å². The van der Waals surface area contributed by atoms with E-state index < -0.39 is 12.1 Å². The van der Waals surface area contributed by atoms with Gasteiger partial charge in [0.2, 0.25) is 0 Å². The number of carbonyl (C=O) groups excluding carboxylic acids is 1. The van der Waals surface area contributed by atoms with Gasteiger partial charge in [-0.15, -0.1) is 12.6 Å². The van der Waals surface area contributed by atoms with Gasteiger partial charge in [0.25, 0.3) is 5.91 Å². The van der Waals surface area contributed by atoms with Crippen molar-refractivity contribution in [1.29, 1.82) is 5.26 Å². The van der Waals surface area contributed by atoms with Crippen LogP contribution in [0.4, 0.5) is 5.69 Å². The van der Waals surface area contributed by atoms with Gasteiger partial charge in [-0.3, -0.25) is 4.79 Å². The second kappa shape index (κ2) is 9.14. The van der Waals surface area contributed by atoms with Crippen molar-refractivity contribution in [3.63, 3.8) is 0 Å². The molecule has 174 valence electrons. The Morgan fingerprint density at radius 1 is 1.11 bits per heavy atom. The van der Waals surface area contributed by atoms with Crippen molar-refractivity contribution in [3.8, 4) is 17.4 Å². The van der Waals surface area contributed by atoms with Crippen LogP contribution >= 0.6 is 24.2 Å². The summed E-state index contributed by atoms with van der Waals surface area (Å²) in [7, 11) is 0. The minimum absolute atomic E-state index is 0.0366. The first kappa shape index (κ1) is 23.0. The highest BCUT2D eigenvalue weighted by atomic mass is 35.5. The van der Waals surface area contributed by atoms with Crippen LogP contribution in [0.2, 0.25) is 5.02 Å². The Morgan fingerprint density at radius 3 is 2.49 bits per heavy atom. The van der Waals surface area contributed by atoms with Crippen LogP contribution in [0.3, 0.4) is 0 Å². The van der Waals surface area contributed by atoms with E-state index in [9.17, 15) is 10.1 Å². The van der Waals surface area contributed by atoms with Gasteiger partial charge in [-0.2, -0.15) is 5.26 Å². The van der Waals surface area contributed by atoms with E-state index in [1.807, 2.05) is 65.6 Å². The van der Waals surface area contributed by atoms with Gasteiger partial charge >= 0.3 is 0 Å². The number of benzene rings is 3. The number of anilines is 1. The Hall–Kier alpha value is -3.73. The fourth-order valence-corrected chi connectivity index (χ4v) is 4.68. The molecule has 0 saturated carbocycles. The molecule has 8 heteroatoms. The molecule has 0 bridgehead atoms. The SMILES string of the molecule is CC(C)c1ccc(N2C(S)=C(C#N)C(=O)NC2c2ccc3noc(-c4ccc(Cl)cc4)c3c2)cc1. The third-order valence-corrected chi connectivity index (χ3v) is 6.77. The topological polar surface area (TPSA) is 82.2 Å². The number of hydrogen-bond acceptors (Lipinski definition) is 6. The third kappa shape index (κ3) is 4.16. The summed E-state index contributed by atoms with van der Waals surface area (Å²) in [5.41, 5.74) is 4.28. The molecule has 1 aromatic heterocycles. The minimum atomic E-state index is -0.589. The van der Waals surface area contributed by atoms with Crippen LogP contribution in [0.5, 0.6) is 0 Å². The molecule has 1 aliphatic heterocycles. The van der Waals surface area contributed by atoms with E-state index in [1.165, 1.54) is 5.56 Å². The third-order valence-electron chi connectivity index (χ3n) is 6.08. The van der Waals surface area contributed by atoms with E-state index in [0.29, 0.717) is 27.2 Å². The Kier molecular flexibility index (Phi) is 6.01. The van der Waals surface area contributed by atoms with Gasteiger partial charge in [0.15, 0.2) is 5.76 Å². The van der Waals surface area contributed by atoms with Crippen LogP contribution in [0.15, 0.2) is 81.9 Å². The van der Waals surface area contributed by atoms with E-state index >= 15 is 0 Å². The van der Waals surface area contributed by atoms with Crippen molar-refractivity contribution < 1.29 is 9.32 Å². The van der Waals surface area contributed by atoms with Gasteiger partial charge in [-0.1, -0.05) is 48.8 Å². The van der Waals surface area contributed by atoms with Gasteiger partial charge in [0, 0.05) is 16.3 Å². The lowest BCUT2D eigenvalue weighted by Crippen LogP contribution is -2.46. The molecule has 0 saturated heterocycles. The van der Waals surface area contributed by atoms with Crippen LogP contribution in [0.1, 0.15) is 37.1 Å². The van der Waals surface area contributed by atoms with Crippen LogP contribution in [-0.4, -0.2) is 11.1 Å². The monoisotopic (exact) mass is 500 g/mol. The summed E-state index contributed by atoms with van der Waals surface area (Å²) >= 11 is 10.6. The van der Waals surface area contributed by atoms with E-state index in [0.717, 1.165) is 22.2 Å². The fraction of sp³-hybridized carbons (Fsp3) is 0.148. The molecule has 6 nitrogen and oxygen atoms in total. The number of aromatic nitrogens is 1. The first-order valence-corrected chi connectivity index (χ1v) is 11.9. The maximum absolute atomic E-state index is 12.8. The highest BCUT2D eigenvalue weighted by Crippen LogP contribution is 2.38. The van der Waals surface area contributed by atoms with Crippen molar-refractivity contribution in [2.24, 2.45) is 0 Å². The van der Waals surface area contributed by atoms with Crippen molar-refractivity contribution in [2.45, 2.75) is 25.9 Å². The normalized spacial score (nSPS) is 16.1. The van der Waals surface area contributed by atoms with E-state index in [1.54, 1.807) is 12.1 Å². The molecule has 1 N–H and O–H groups in total. The van der Waals surface area contributed by atoms with Crippen molar-refractivity contribution in [1.82, 2.24) is 10.5 Å². The predicted octanol–water partition coefficient (Wildman–Crippen LogP) is 6.57. The smallest absolute Gasteiger partial charge is 0.266 e. The van der Waals surface area contributed by atoms with E-state index in [-0.39, 0.29) is 5.57 Å². The maximum atomic E-state index is 12.8. The standard InChI is InChI=1S/C27H21ClN4O2S/c1-15(2)16-5-10-20(11-6-16)32-25(30-26(33)22(14-29)27(32)35)18-7-12-23-21(13-18)24(34-31-23)17-3-8-19(28)9-4-17/h3-13,15,25,35H,1-2H3,(H,30,33). The molecule has 4 aromatic rings. The average molecular weight is 501 g/mol. The van der Waals surface area contributed by atoms with Gasteiger partial charge in [0.05, 0.1) is 10.4 Å². The zero-order chi connectivity index (χ0) is 24.7. The van der Waals surface area contributed by atoms with E-state index in [4.69, 9.17) is 16.1 Å². The molecule has 1 aliphatic rings. The molecule has 1 atom stereocenters. The van der Waals surface area contributed by atoms with Crippen LogP contribution < -0.4 is 10.2 Å². The number of rotatable bonds is 4. The molecule has 0 spiro atoms. The Labute approximate surface area is 213 Å². The lowest BCUT2D eigenvalue weighted by Gasteiger charge is -2.38. The fourth-order valence-electron chi connectivity index (χ4n) is 4.17. The molecule has 1 amide bonds. The highest BCUT2D eigenvalue weighted by molar-refractivity contribution is 7.84. The summed E-state index contributed by atoms with van der Waals surface area (Å²) in [6, 6.07) is 23.0. The number of nitrogens with one attached hydrogen (secondary N) is 1. The highest BCUT2D eigenvalue weighted by Gasteiger charge is 2.34. The molecule has 3 aromatic carbocycles. The summed E-state index contributed by atoms with van der Waals surface area (Å²) < 4.78 is 5.65. The number of carbonyl (C=O) groups is 1. The Morgan fingerprint density at radius 2 is 1.83 bits per heavy atom. The Bertz CT molecular complexity index is 1500. The second-order valence-corrected chi connectivity index (χ2v) is 9.46. The molecule has 1 unspecified atom stereocenters. The molecule has 5 rings (SSSR count). The minimum Gasteiger partial charge on any atom is -0.355 e. The lowest BCUT2D eigenvalue weighted by atomic mass is 10.0. The number of halogens is 1. The number of fused-ring (bicyclic) bond motifs is 1. The maximum Gasteiger partial charge on any atom is 0.266 e. The number of thiol groups is 1. The molecule has 0 radical (unpaired) electrons. The van der Waals surface area contributed by atoms with Crippen LogP contribution in [0.25, 0.3) is 22.2 Å². The first-order valence-electron chi connectivity index (χ1n) is 11.1. The first-order chi connectivity index (χ1) is 16.9. The lowest BCUT2D eigenvalue weighted by molar-refractivity contribution is -0.118. The van der Waals surface area contributed by atoms with E-state index in [2.05, 4.69) is 36.9 Å². The quantitative estimate of drug-likeness (QED) is 0.309. The van der Waals surface area contributed by atoms with Crippen molar-refractivity contribution in [2.75, 3.05) is 4.90 Å². The summed E-state index contributed by atoms with van der Waals surface area (Å²) in [5.74, 6) is 0.512. The summed E-state index contributed by atoms with van der Waals surface area (Å²) in [6.07, 6.45) is -0.589. The summed E-state index contributed by atoms with van der Waals surface area (Å²) in [6.45, 7) is 4.26. The number of hydrogen-bond donors (Lipinski definition) is 2. The van der Waals surface area contributed by atoms with Gasteiger partial charge in [-0.25, -0.2) is 0 Å². The van der Waals surface area contributed by atoms with Gasteiger partial charge < -0.3 is 14.7 Å². The zero-order valence-electron chi connectivity index (χ0n) is 19.0. The zero-order valence-corrected chi connectivity index (χ0v) is 20.6. The van der Waals surface area contributed by atoms with Gasteiger partial charge in [0.1, 0.15) is 23.3 Å². The largest absolute Gasteiger partial charge is 0.355 e. The molecular formula is C27H21ClN4O2S. The molecule has 0 fully saturated rings. The van der Waals surface area contributed by atoms with Gasteiger partial charge in [-0.05, 0) is 65.6 Å².